The maximum Gasteiger partial charge on any atom is 0.243 e. The van der Waals surface area contributed by atoms with Crippen LogP contribution in [0, 0.1) is 12.8 Å². The molecule has 1 aromatic rings. The molecule has 0 bridgehead atoms. The summed E-state index contributed by atoms with van der Waals surface area (Å²) in [6.45, 7) is 8.10. The van der Waals surface area contributed by atoms with Gasteiger partial charge < -0.3 is 10.2 Å². The predicted octanol–water partition coefficient (Wildman–Crippen LogP) is 3.41. The van der Waals surface area contributed by atoms with Crippen molar-refractivity contribution >= 4 is 23.6 Å². The Morgan fingerprint density at radius 3 is 2.59 bits per heavy atom. The number of hydrogen-bond acceptors (Lipinski definition) is 4. The highest BCUT2D eigenvalue weighted by Gasteiger charge is 2.34. The van der Waals surface area contributed by atoms with Crippen LogP contribution in [-0.2, 0) is 16.1 Å². The standard InChI is InChI=1S/C23H35N3O2S/c1-3-4-5-22(27)26-17-29-16-21(26)23(28)24-14-19-10-12-25(13-11-19)15-20-8-6-18(2)7-9-20/h6-9,19,21H,3-5,10-17H2,1-2H3,(H,24,28). The van der Waals surface area contributed by atoms with Gasteiger partial charge in [0, 0.05) is 25.3 Å². The third kappa shape index (κ3) is 6.48. The fourth-order valence-corrected chi connectivity index (χ4v) is 5.22. The van der Waals surface area contributed by atoms with E-state index in [1.54, 1.807) is 16.7 Å². The van der Waals surface area contributed by atoms with Gasteiger partial charge in [-0.3, -0.25) is 14.5 Å². The number of amides is 2. The van der Waals surface area contributed by atoms with E-state index in [1.165, 1.54) is 11.1 Å². The maximum absolute atomic E-state index is 12.7. The summed E-state index contributed by atoms with van der Waals surface area (Å²) < 4.78 is 0. The van der Waals surface area contributed by atoms with Crippen LogP contribution in [0.2, 0.25) is 0 Å². The Labute approximate surface area is 179 Å². The van der Waals surface area contributed by atoms with Crippen molar-refractivity contribution in [3.05, 3.63) is 35.4 Å². The summed E-state index contributed by atoms with van der Waals surface area (Å²) in [7, 11) is 0. The normalized spacial score (nSPS) is 20.8. The van der Waals surface area contributed by atoms with Gasteiger partial charge in [-0.1, -0.05) is 43.2 Å². The van der Waals surface area contributed by atoms with E-state index in [0.717, 1.165) is 57.6 Å². The summed E-state index contributed by atoms with van der Waals surface area (Å²) in [6.07, 6.45) is 4.69. The molecule has 0 spiro atoms. The monoisotopic (exact) mass is 417 g/mol. The number of carbonyl (C=O) groups is 2. The van der Waals surface area contributed by atoms with Gasteiger partial charge >= 0.3 is 0 Å². The lowest BCUT2D eigenvalue weighted by molar-refractivity contribution is -0.138. The lowest BCUT2D eigenvalue weighted by atomic mass is 9.96. The van der Waals surface area contributed by atoms with Crippen LogP contribution in [-0.4, -0.2) is 58.9 Å². The van der Waals surface area contributed by atoms with E-state index in [-0.39, 0.29) is 17.9 Å². The van der Waals surface area contributed by atoms with Gasteiger partial charge in [-0.15, -0.1) is 11.8 Å². The number of benzene rings is 1. The molecule has 2 aliphatic rings. The quantitative estimate of drug-likeness (QED) is 0.704. The van der Waals surface area contributed by atoms with E-state index in [9.17, 15) is 9.59 Å². The topological polar surface area (TPSA) is 52.7 Å². The molecule has 0 saturated carbocycles. The molecule has 2 amide bonds. The zero-order valence-corrected chi connectivity index (χ0v) is 18.7. The fourth-order valence-electron chi connectivity index (χ4n) is 4.04. The summed E-state index contributed by atoms with van der Waals surface area (Å²) >= 11 is 1.68. The zero-order chi connectivity index (χ0) is 20.6. The van der Waals surface area contributed by atoms with Gasteiger partial charge in [0.1, 0.15) is 6.04 Å². The first-order valence-corrected chi connectivity index (χ1v) is 12.1. The first-order chi connectivity index (χ1) is 14.1. The summed E-state index contributed by atoms with van der Waals surface area (Å²) in [5, 5.41) is 3.14. The van der Waals surface area contributed by atoms with Crippen molar-refractivity contribution in [1.82, 2.24) is 15.1 Å². The number of hydrogen-bond donors (Lipinski definition) is 1. The highest BCUT2D eigenvalue weighted by atomic mass is 32.2. The molecule has 0 aliphatic carbocycles. The molecule has 3 rings (SSSR count). The molecule has 1 N–H and O–H groups in total. The Hall–Kier alpha value is -1.53. The smallest absolute Gasteiger partial charge is 0.243 e. The molecule has 2 aliphatic heterocycles. The minimum Gasteiger partial charge on any atom is -0.354 e. The van der Waals surface area contributed by atoms with Crippen molar-refractivity contribution in [3.8, 4) is 0 Å². The highest BCUT2D eigenvalue weighted by Crippen LogP contribution is 2.23. The molecule has 6 heteroatoms. The predicted molar refractivity (Wildman–Crippen MR) is 120 cm³/mol. The molecule has 1 atom stereocenters. The number of unbranched alkanes of at least 4 members (excludes halogenated alkanes) is 1. The van der Waals surface area contributed by atoms with Crippen LogP contribution in [0.4, 0.5) is 0 Å². The van der Waals surface area contributed by atoms with E-state index >= 15 is 0 Å². The van der Waals surface area contributed by atoms with Crippen molar-refractivity contribution in [3.63, 3.8) is 0 Å². The SMILES string of the molecule is CCCCC(=O)N1CSCC1C(=O)NCC1CCN(Cc2ccc(C)cc2)CC1. The van der Waals surface area contributed by atoms with Gasteiger partial charge in [0.25, 0.3) is 0 Å². The number of thioether (sulfide) groups is 1. The van der Waals surface area contributed by atoms with Crippen molar-refractivity contribution in [2.24, 2.45) is 5.92 Å². The molecule has 0 aromatic heterocycles. The van der Waals surface area contributed by atoms with Crippen molar-refractivity contribution in [2.45, 2.75) is 58.5 Å². The molecule has 160 valence electrons. The molecule has 5 nitrogen and oxygen atoms in total. The minimum absolute atomic E-state index is 0.0296. The lowest BCUT2D eigenvalue weighted by Gasteiger charge is -2.32. The van der Waals surface area contributed by atoms with Gasteiger partial charge in [-0.25, -0.2) is 0 Å². The van der Waals surface area contributed by atoms with E-state index in [2.05, 4.69) is 48.3 Å². The number of rotatable bonds is 8. The molecule has 29 heavy (non-hydrogen) atoms. The summed E-state index contributed by atoms with van der Waals surface area (Å²) in [5.41, 5.74) is 2.67. The van der Waals surface area contributed by atoms with Crippen molar-refractivity contribution in [2.75, 3.05) is 31.3 Å². The molecule has 1 unspecified atom stereocenters. The second-order valence-electron chi connectivity index (χ2n) is 8.43. The van der Waals surface area contributed by atoms with Crippen LogP contribution in [0.15, 0.2) is 24.3 Å². The van der Waals surface area contributed by atoms with Crippen LogP contribution in [0.5, 0.6) is 0 Å². The van der Waals surface area contributed by atoms with Crippen LogP contribution < -0.4 is 5.32 Å². The number of likely N-dealkylation sites (tertiary alicyclic amines) is 1. The van der Waals surface area contributed by atoms with Crippen molar-refractivity contribution in [1.29, 1.82) is 0 Å². The Balaban J connectivity index is 1.38. The average molecular weight is 418 g/mol. The third-order valence-corrected chi connectivity index (χ3v) is 7.06. The lowest BCUT2D eigenvalue weighted by Crippen LogP contribution is -2.48. The molecular formula is C23H35N3O2S. The van der Waals surface area contributed by atoms with E-state index < -0.39 is 0 Å². The van der Waals surface area contributed by atoms with Gasteiger partial charge in [0.15, 0.2) is 0 Å². The maximum atomic E-state index is 12.7. The van der Waals surface area contributed by atoms with E-state index in [0.29, 0.717) is 18.2 Å². The number of piperidine rings is 1. The average Bonchev–Trinajstić information content (AvgIpc) is 3.23. The zero-order valence-electron chi connectivity index (χ0n) is 17.9. The molecule has 2 heterocycles. The summed E-state index contributed by atoms with van der Waals surface area (Å²) in [6, 6.07) is 8.50. The molecule has 0 radical (unpaired) electrons. The van der Waals surface area contributed by atoms with Gasteiger partial charge in [-0.2, -0.15) is 0 Å². The van der Waals surface area contributed by atoms with Crippen molar-refractivity contribution < 1.29 is 9.59 Å². The Morgan fingerprint density at radius 2 is 1.90 bits per heavy atom. The number of nitrogens with one attached hydrogen (secondary N) is 1. The molecule has 2 fully saturated rings. The number of nitrogens with zero attached hydrogens (tertiary/aromatic N) is 2. The molecular weight excluding hydrogens is 382 g/mol. The first kappa shape index (κ1) is 22.2. The summed E-state index contributed by atoms with van der Waals surface area (Å²) in [5.74, 6) is 2.06. The largest absolute Gasteiger partial charge is 0.354 e. The van der Waals surface area contributed by atoms with Crippen LogP contribution in [0.3, 0.4) is 0 Å². The van der Waals surface area contributed by atoms with Crippen LogP contribution in [0.25, 0.3) is 0 Å². The van der Waals surface area contributed by atoms with Crippen LogP contribution in [0.1, 0.15) is 50.2 Å². The molecule has 2 saturated heterocycles. The Kier molecular flexibility index (Phi) is 8.42. The highest BCUT2D eigenvalue weighted by molar-refractivity contribution is 7.99. The second kappa shape index (κ2) is 11.0. The summed E-state index contributed by atoms with van der Waals surface area (Å²) in [4.78, 5) is 29.3. The first-order valence-electron chi connectivity index (χ1n) is 11.0. The molecule has 1 aromatic carbocycles. The van der Waals surface area contributed by atoms with Gasteiger partial charge in [-0.05, 0) is 50.8 Å². The fraction of sp³-hybridized carbons (Fsp3) is 0.652. The third-order valence-electron chi connectivity index (χ3n) is 6.05. The van der Waals surface area contributed by atoms with E-state index in [4.69, 9.17) is 0 Å². The Morgan fingerprint density at radius 1 is 1.17 bits per heavy atom. The number of aryl methyl sites for hydroxylation is 1. The van der Waals surface area contributed by atoms with E-state index in [1.807, 2.05) is 0 Å². The van der Waals surface area contributed by atoms with Gasteiger partial charge in [0.2, 0.25) is 11.8 Å². The number of carbonyl (C=O) groups excluding carboxylic acids is 2. The van der Waals surface area contributed by atoms with Crippen LogP contribution >= 0.6 is 11.8 Å². The Bertz CT molecular complexity index is 671. The second-order valence-corrected chi connectivity index (χ2v) is 9.43. The minimum atomic E-state index is -0.286. The van der Waals surface area contributed by atoms with Gasteiger partial charge in [0.05, 0.1) is 5.88 Å².